The van der Waals surface area contributed by atoms with Crippen LogP contribution in [0.15, 0.2) is 77.7 Å². The van der Waals surface area contributed by atoms with Crippen molar-refractivity contribution in [1.82, 2.24) is 4.57 Å². The molecule has 172 valence electrons. The SMILES string of the molecule is CCc1ccc(NC=O)cc1.O=C(O)C1CC1.O=CNc1ccc(-n2ccccc2=O)cc1. The summed E-state index contributed by atoms with van der Waals surface area (Å²) in [5.74, 6) is -0.611. The van der Waals surface area contributed by atoms with E-state index in [9.17, 15) is 19.2 Å². The molecule has 2 aromatic carbocycles. The highest BCUT2D eigenvalue weighted by Gasteiger charge is 2.28. The van der Waals surface area contributed by atoms with Gasteiger partial charge < -0.3 is 15.7 Å². The summed E-state index contributed by atoms with van der Waals surface area (Å²) in [7, 11) is 0. The second kappa shape index (κ2) is 13.3. The van der Waals surface area contributed by atoms with Crippen molar-refractivity contribution < 1.29 is 19.5 Å². The van der Waals surface area contributed by atoms with E-state index in [1.54, 1.807) is 42.6 Å². The summed E-state index contributed by atoms with van der Waals surface area (Å²) in [5.41, 5.74) is 3.50. The Balaban J connectivity index is 0.000000195. The summed E-state index contributed by atoms with van der Waals surface area (Å²) in [6, 6.07) is 19.8. The van der Waals surface area contributed by atoms with Crippen molar-refractivity contribution in [2.24, 2.45) is 5.92 Å². The third kappa shape index (κ3) is 8.82. The number of carbonyl (C=O) groups is 3. The molecule has 1 aromatic heterocycles. The molecule has 0 atom stereocenters. The minimum atomic E-state index is -0.630. The lowest BCUT2D eigenvalue weighted by Crippen LogP contribution is -2.15. The van der Waals surface area contributed by atoms with Gasteiger partial charge in [-0.15, -0.1) is 0 Å². The maximum absolute atomic E-state index is 11.5. The molecule has 1 saturated carbocycles. The zero-order chi connectivity index (χ0) is 24.1. The lowest BCUT2D eigenvalue weighted by molar-refractivity contribution is -0.138. The minimum absolute atomic E-state index is 0.0185. The first-order valence-corrected chi connectivity index (χ1v) is 10.5. The highest BCUT2D eigenvalue weighted by atomic mass is 16.4. The van der Waals surface area contributed by atoms with Crippen LogP contribution in [0.25, 0.3) is 5.69 Å². The van der Waals surface area contributed by atoms with Crippen molar-refractivity contribution in [2.45, 2.75) is 26.2 Å². The van der Waals surface area contributed by atoms with Crippen molar-refractivity contribution in [3.05, 3.63) is 88.8 Å². The molecule has 0 spiro atoms. The largest absolute Gasteiger partial charge is 0.481 e. The van der Waals surface area contributed by atoms with Crippen LogP contribution in [0.3, 0.4) is 0 Å². The Morgan fingerprint density at radius 2 is 1.48 bits per heavy atom. The average Bonchev–Trinajstić information content (AvgIpc) is 3.68. The normalized spacial score (nSPS) is 11.5. The van der Waals surface area contributed by atoms with E-state index in [0.29, 0.717) is 18.5 Å². The number of hydrogen-bond donors (Lipinski definition) is 3. The number of benzene rings is 2. The van der Waals surface area contributed by atoms with Gasteiger partial charge in [0.05, 0.1) is 5.92 Å². The number of aliphatic carboxylic acids is 1. The van der Waals surface area contributed by atoms with E-state index in [4.69, 9.17) is 5.11 Å². The Hall–Kier alpha value is -4.20. The smallest absolute Gasteiger partial charge is 0.306 e. The highest BCUT2D eigenvalue weighted by Crippen LogP contribution is 2.28. The molecule has 3 N–H and O–H groups in total. The summed E-state index contributed by atoms with van der Waals surface area (Å²) < 4.78 is 1.53. The number of nitrogens with zero attached hydrogens (tertiary/aromatic N) is 1. The first kappa shape index (κ1) is 25.1. The number of carboxylic acids is 1. The van der Waals surface area contributed by atoms with Gasteiger partial charge in [-0.2, -0.15) is 0 Å². The Bertz CT molecular complexity index is 1090. The van der Waals surface area contributed by atoms with Gasteiger partial charge >= 0.3 is 5.97 Å². The maximum Gasteiger partial charge on any atom is 0.306 e. The van der Waals surface area contributed by atoms with Gasteiger partial charge in [-0.25, -0.2) is 0 Å². The lowest BCUT2D eigenvalue weighted by Gasteiger charge is -2.05. The molecule has 0 aliphatic heterocycles. The molecule has 1 heterocycles. The van der Waals surface area contributed by atoms with Gasteiger partial charge in [-0.1, -0.05) is 25.1 Å². The number of amides is 2. The number of nitrogens with one attached hydrogen (secondary N) is 2. The van der Waals surface area contributed by atoms with Crippen LogP contribution in [-0.2, 0) is 20.8 Å². The number of carboxylic acid groups (broad SMARTS) is 1. The van der Waals surface area contributed by atoms with Crippen molar-refractivity contribution in [2.75, 3.05) is 10.6 Å². The van der Waals surface area contributed by atoms with E-state index >= 15 is 0 Å². The zero-order valence-corrected chi connectivity index (χ0v) is 18.3. The number of aromatic nitrogens is 1. The first-order chi connectivity index (χ1) is 16.0. The zero-order valence-electron chi connectivity index (χ0n) is 18.3. The molecule has 2 amide bonds. The van der Waals surface area contributed by atoms with Crippen LogP contribution in [0.4, 0.5) is 11.4 Å². The molecule has 8 heteroatoms. The van der Waals surface area contributed by atoms with E-state index in [0.717, 1.165) is 30.6 Å². The molecule has 0 unspecified atom stereocenters. The van der Waals surface area contributed by atoms with Crippen LogP contribution >= 0.6 is 0 Å². The molecule has 0 radical (unpaired) electrons. The number of aryl methyl sites for hydroxylation is 1. The molecule has 8 nitrogen and oxygen atoms in total. The van der Waals surface area contributed by atoms with Crippen molar-refractivity contribution in [3.8, 4) is 5.69 Å². The number of hydrogen-bond acceptors (Lipinski definition) is 4. The number of rotatable bonds is 7. The van der Waals surface area contributed by atoms with Crippen LogP contribution in [0, 0.1) is 5.92 Å². The molecule has 0 bridgehead atoms. The topological polar surface area (TPSA) is 118 Å². The standard InChI is InChI=1S/C12H10N2O2.C9H11NO.C4H6O2/c15-9-13-10-4-6-11(7-5-10)14-8-2-1-3-12(14)16;1-2-8-3-5-9(6-4-8)10-7-11;5-4(6)3-1-2-3/h1-9H,(H,13,15);3-7H,2H2,1H3,(H,10,11);3H,1-2H2,(H,5,6). The van der Waals surface area contributed by atoms with Gasteiger partial charge in [-0.05, 0) is 67.3 Å². The molecule has 0 saturated heterocycles. The van der Waals surface area contributed by atoms with E-state index in [1.807, 2.05) is 24.3 Å². The Morgan fingerprint density at radius 3 is 1.88 bits per heavy atom. The predicted octanol–water partition coefficient (Wildman–Crippen LogP) is 3.70. The molecular weight excluding hydrogens is 422 g/mol. The summed E-state index contributed by atoms with van der Waals surface area (Å²) in [6.07, 6.45) is 5.82. The van der Waals surface area contributed by atoms with Gasteiger partial charge in [0, 0.05) is 29.3 Å². The Labute approximate surface area is 191 Å². The summed E-state index contributed by atoms with van der Waals surface area (Å²) in [6.45, 7) is 2.10. The molecule has 4 rings (SSSR count). The first-order valence-electron chi connectivity index (χ1n) is 10.5. The van der Waals surface area contributed by atoms with Crippen molar-refractivity contribution in [1.29, 1.82) is 0 Å². The second-order valence-electron chi connectivity index (χ2n) is 7.14. The van der Waals surface area contributed by atoms with Crippen LogP contribution in [0.2, 0.25) is 0 Å². The Kier molecular flexibility index (Phi) is 10.1. The van der Waals surface area contributed by atoms with E-state index in [-0.39, 0.29) is 11.5 Å². The Morgan fingerprint density at radius 1 is 0.939 bits per heavy atom. The number of anilines is 2. The summed E-state index contributed by atoms with van der Waals surface area (Å²) >= 11 is 0. The fraction of sp³-hybridized carbons (Fsp3) is 0.200. The quantitative estimate of drug-likeness (QED) is 0.476. The third-order valence-electron chi connectivity index (χ3n) is 4.71. The number of pyridine rings is 1. The van der Waals surface area contributed by atoms with Crippen LogP contribution < -0.4 is 16.2 Å². The predicted molar refractivity (Wildman–Crippen MR) is 128 cm³/mol. The van der Waals surface area contributed by atoms with E-state index in [2.05, 4.69) is 17.6 Å². The van der Waals surface area contributed by atoms with Gasteiger partial charge in [-0.3, -0.25) is 23.7 Å². The van der Waals surface area contributed by atoms with Gasteiger partial charge in [0.15, 0.2) is 0 Å². The molecule has 1 aliphatic rings. The molecular formula is C25H27N3O5. The van der Waals surface area contributed by atoms with Crippen LogP contribution in [0.5, 0.6) is 0 Å². The van der Waals surface area contributed by atoms with Crippen molar-refractivity contribution in [3.63, 3.8) is 0 Å². The molecule has 33 heavy (non-hydrogen) atoms. The third-order valence-corrected chi connectivity index (χ3v) is 4.71. The fourth-order valence-electron chi connectivity index (χ4n) is 2.66. The van der Waals surface area contributed by atoms with E-state index in [1.165, 1.54) is 16.2 Å². The molecule has 1 aliphatic carbocycles. The number of carbonyl (C=O) groups excluding carboxylic acids is 2. The fourth-order valence-corrected chi connectivity index (χ4v) is 2.66. The van der Waals surface area contributed by atoms with Gasteiger partial charge in [0.1, 0.15) is 0 Å². The highest BCUT2D eigenvalue weighted by molar-refractivity contribution is 5.72. The average molecular weight is 450 g/mol. The summed E-state index contributed by atoms with van der Waals surface area (Å²) in [4.78, 5) is 41.5. The van der Waals surface area contributed by atoms with E-state index < -0.39 is 5.97 Å². The lowest BCUT2D eigenvalue weighted by atomic mass is 10.1. The van der Waals surface area contributed by atoms with Gasteiger partial charge in [0.25, 0.3) is 5.56 Å². The van der Waals surface area contributed by atoms with Crippen molar-refractivity contribution >= 4 is 30.2 Å². The van der Waals surface area contributed by atoms with Crippen LogP contribution in [-0.4, -0.2) is 28.5 Å². The van der Waals surface area contributed by atoms with Gasteiger partial charge in [0.2, 0.25) is 12.8 Å². The summed E-state index contributed by atoms with van der Waals surface area (Å²) in [5, 5.41) is 13.2. The minimum Gasteiger partial charge on any atom is -0.481 e. The molecule has 1 fully saturated rings. The van der Waals surface area contributed by atoms with Crippen LogP contribution in [0.1, 0.15) is 25.3 Å². The monoisotopic (exact) mass is 449 g/mol. The molecule has 3 aromatic rings. The maximum atomic E-state index is 11.5. The second-order valence-corrected chi connectivity index (χ2v) is 7.14.